The predicted molar refractivity (Wildman–Crippen MR) is 129 cm³/mol. The molecule has 0 saturated heterocycles. The Morgan fingerprint density at radius 1 is 0.567 bits per heavy atom. The molecule has 0 radical (unpaired) electrons. The third-order valence-electron chi connectivity index (χ3n) is 5.70. The summed E-state index contributed by atoms with van der Waals surface area (Å²) in [6, 6.07) is 41.9. The maximum Gasteiger partial charge on any atom is 0.172 e. The smallest absolute Gasteiger partial charge is 0.172 e. The Morgan fingerprint density at radius 2 is 0.900 bits per heavy atom. The Labute approximate surface area is 180 Å². The Balaban J connectivity index is 1.96. The summed E-state index contributed by atoms with van der Waals surface area (Å²) >= 11 is 0. The van der Waals surface area contributed by atoms with Crippen molar-refractivity contribution in [2.24, 2.45) is 0 Å². The molecule has 0 bridgehead atoms. The molecule has 0 spiro atoms. The Morgan fingerprint density at radius 3 is 1.27 bits per heavy atom. The minimum atomic E-state index is -2.51. The fourth-order valence-electron chi connectivity index (χ4n) is 4.05. The monoisotopic (exact) mass is 406 g/mol. The van der Waals surface area contributed by atoms with Gasteiger partial charge in [-0.15, -0.1) is 0 Å². The second-order valence-electron chi connectivity index (χ2n) is 7.75. The van der Waals surface area contributed by atoms with Gasteiger partial charge in [0.05, 0.1) is 0 Å². The van der Waals surface area contributed by atoms with Crippen LogP contribution >= 0.6 is 0 Å². The molecule has 0 aromatic heterocycles. The van der Waals surface area contributed by atoms with Crippen molar-refractivity contribution >= 4 is 23.6 Å². The summed E-state index contributed by atoms with van der Waals surface area (Å²) in [6.45, 7) is 1.86. The van der Waals surface area contributed by atoms with Crippen LogP contribution in [0, 0.1) is 0 Å². The molecule has 4 aromatic carbocycles. The topological polar surface area (TPSA) is 20.2 Å². The lowest BCUT2D eigenvalue weighted by Gasteiger charge is -2.32. The van der Waals surface area contributed by atoms with Gasteiger partial charge in [0.25, 0.3) is 0 Å². The lowest BCUT2D eigenvalue weighted by molar-refractivity contribution is 0.111. The zero-order valence-electron chi connectivity index (χ0n) is 17.1. The highest BCUT2D eigenvalue weighted by atomic mass is 28.3. The van der Waals surface area contributed by atoms with Gasteiger partial charge in [-0.3, -0.25) is 0 Å². The minimum absolute atomic E-state index is 0.887. The Bertz CT molecular complexity index is 992. The van der Waals surface area contributed by atoms with E-state index in [-0.39, 0.29) is 0 Å². The summed E-state index contributed by atoms with van der Waals surface area (Å²) in [5.41, 5.74) is 2.12. The van der Waals surface area contributed by atoms with Gasteiger partial charge in [0.1, 0.15) is 5.60 Å². The average Bonchev–Trinajstić information content (AvgIpc) is 2.82. The molecule has 148 valence electrons. The molecule has 1 unspecified atom stereocenters. The number of benzene rings is 4. The van der Waals surface area contributed by atoms with E-state index in [0.717, 1.165) is 5.56 Å². The second-order valence-corrected chi connectivity index (χ2v) is 11.4. The molecule has 0 amide bonds. The minimum Gasteiger partial charge on any atom is -0.381 e. The molecule has 0 aliphatic carbocycles. The fourth-order valence-corrected chi connectivity index (χ4v) is 8.36. The van der Waals surface area contributed by atoms with Crippen LogP contribution in [-0.2, 0) is 5.60 Å². The van der Waals surface area contributed by atoms with Crippen LogP contribution in [0.2, 0.25) is 0 Å². The highest BCUT2D eigenvalue weighted by Crippen LogP contribution is 2.23. The van der Waals surface area contributed by atoms with E-state index in [1.54, 1.807) is 0 Å². The molecule has 4 rings (SSSR count). The van der Waals surface area contributed by atoms with Gasteiger partial charge < -0.3 is 5.11 Å². The molecule has 4 aromatic rings. The van der Waals surface area contributed by atoms with E-state index in [9.17, 15) is 5.11 Å². The van der Waals surface area contributed by atoms with E-state index in [4.69, 9.17) is 0 Å². The largest absolute Gasteiger partial charge is 0.381 e. The third kappa shape index (κ3) is 3.93. The summed E-state index contributed by atoms with van der Waals surface area (Å²) < 4.78 is 0. The van der Waals surface area contributed by atoms with Crippen LogP contribution in [0.25, 0.3) is 0 Å². The van der Waals surface area contributed by atoms with E-state index in [2.05, 4.69) is 96.7 Å². The van der Waals surface area contributed by atoms with Crippen molar-refractivity contribution in [1.82, 2.24) is 0 Å². The summed E-state index contributed by atoms with van der Waals surface area (Å²) in [4.78, 5) is 0. The van der Waals surface area contributed by atoms with E-state index < -0.39 is 13.7 Å². The maximum absolute atomic E-state index is 11.3. The SMILES string of the molecule is CC(O)(/C=C/[Si](c1ccccc1)(c1ccccc1)c1ccccc1)c1ccccc1. The number of rotatable bonds is 6. The van der Waals surface area contributed by atoms with Gasteiger partial charge in [-0.2, -0.15) is 0 Å². The van der Waals surface area contributed by atoms with Gasteiger partial charge in [0.2, 0.25) is 0 Å². The highest BCUT2D eigenvalue weighted by molar-refractivity contribution is 7.14. The standard InChI is InChI=1S/C28H26OSi/c1-28(29,24-14-6-2-7-15-24)22-23-30(25-16-8-3-9-17-25,26-18-10-4-11-19-26)27-20-12-5-13-21-27/h2-23,29H,1H3/b23-22+. The third-order valence-corrected chi connectivity index (χ3v) is 10.1. The summed E-state index contributed by atoms with van der Waals surface area (Å²) in [5.74, 6) is 0. The number of hydrogen-bond donors (Lipinski definition) is 1. The van der Waals surface area contributed by atoms with Gasteiger partial charge >= 0.3 is 0 Å². The van der Waals surface area contributed by atoms with Crippen molar-refractivity contribution in [2.45, 2.75) is 12.5 Å². The normalized spacial score (nSPS) is 13.8. The molecule has 0 heterocycles. The number of aliphatic hydroxyl groups is 1. The second kappa shape index (κ2) is 8.66. The van der Waals surface area contributed by atoms with Crippen LogP contribution in [0.3, 0.4) is 0 Å². The van der Waals surface area contributed by atoms with Crippen molar-refractivity contribution in [1.29, 1.82) is 0 Å². The number of hydrogen-bond acceptors (Lipinski definition) is 1. The van der Waals surface area contributed by atoms with E-state index in [1.165, 1.54) is 15.6 Å². The Kier molecular flexibility index (Phi) is 5.80. The van der Waals surface area contributed by atoms with Crippen molar-refractivity contribution in [3.63, 3.8) is 0 Å². The molecule has 1 N–H and O–H groups in total. The molecule has 2 heteroatoms. The summed E-state index contributed by atoms with van der Waals surface area (Å²) in [7, 11) is -2.51. The molecular formula is C28H26OSi. The van der Waals surface area contributed by atoms with Gasteiger partial charge in [-0.25, -0.2) is 0 Å². The molecular weight excluding hydrogens is 380 g/mol. The first-order chi connectivity index (χ1) is 14.6. The first-order valence-corrected chi connectivity index (χ1v) is 12.4. The van der Waals surface area contributed by atoms with Crippen molar-refractivity contribution in [3.05, 3.63) is 139 Å². The summed E-state index contributed by atoms with van der Waals surface area (Å²) in [5, 5.41) is 15.2. The molecule has 30 heavy (non-hydrogen) atoms. The van der Waals surface area contributed by atoms with Crippen LogP contribution in [0.5, 0.6) is 0 Å². The molecule has 1 nitrogen and oxygen atoms in total. The lowest BCUT2D eigenvalue weighted by Crippen LogP contribution is -2.66. The van der Waals surface area contributed by atoms with Crippen molar-refractivity contribution in [3.8, 4) is 0 Å². The van der Waals surface area contributed by atoms with Crippen molar-refractivity contribution < 1.29 is 5.11 Å². The molecule has 0 fully saturated rings. The van der Waals surface area contributed by atoms with Crippen LogP contribution in [-0.4, -0.2) is 13.2 Å². The quantitative estimate of drug-likeness (QED) is 0.377. The van der Waals surface area contributed by atoms with Crippen LogP contribution in [0.15, 0.2) is 133 Å². The average molecular weight is 407 g/mol. The van der Waals surface area contributed by atoms with Crippen LogP contribution in [0.4, 0.5) is 0 Å². The van der Waals surface area contributed by atoms with Gasteiger partial charge in [0, 0.05) is 0 Å². The highest BCUT2D eigenvalue weighted by Gasteiger charge is 2.37. The van der Waals surface area contributed by atoms with Gasteiger partial charge in [-0.05, 0) is 28.0 Å². The summed E-state index contributed by atoms with van der Waals surface area (Å²) in [6.07, 6.45) is 1.99. The Hall–Kier alpha value is -3.20. The first-order valence-electron chi connectivity index (χ1n) is 10.3. The van der Waals surface area contributed by atoms with Crippen molar-refractivity contribution in [2.75, 3.05) is 0 Å². The zero-order chi connectivity index (χ0) is 20.9. The van der Waals surface area contributed by atoms with Gasteiger partial charge in [-0.1, -0.05) is 133 Å². The molecule has 0 saturated carbocycles. The van der Waals surface area contributed by atoms with Gasteiger partial charge in [0.15, 0.2) is 8.07 Å². The van der Waals surface area contributed by atoms with E-state index in [0.29, 0.717) is 0 Å². The predicted octanol–water partition coefficient (Wildman–Crippen LogP) is 4.16. The maximum atomic E-state index is 11.3. The first kappa shape index (κ1) is 20.1. The molecule has 0 aliphatic rings. The zero-order valence-corrected chi connectivity index (χ0v) is 18.1. The lowest BCUT2D eigenvalue weighted by atomic mass is 9.97. The van der Waals surface area contributed by atoms with Crippen LogP contribution < -0.4 is 15.6 Å². The van der Waals surface area contributed by atoms with E-state index in [1.807, 2.05) is 43.3 Å². The molecule has 0 aliphatic heterocycles. The van der Waals surface area contributed by atoms with Crippen LogP contribution in [0.1, 0.15) is 12.5 Å². The van der Waals surface area contributed by atoms with E-state index >= 15 is 0 Å². The molecule has 1 atom stereocenters. The fraction of sp³-hybridized carbons (Fsp3) is 0.0714.